The summed E-state index contributed by atoms with van der Waals surface area (Å²) in [4.78, 5) is 13.2. The van der Waals surface area contributed by atoms with Crippen LogP contribution in [0.25, 0.3) is 0 Å². The number of likely N-dealkylation sites (N-methyl/N-ethyl adjacent to an activating group) is 1. The summed E-state index contributed by atoms with van der Waals surface area (Å²) < 4.78 is 0. The quantitative estimate of drug-likeness (QED) is 0.750. The lowest BCUT2D eigenvalue weighted by atomic mass is 10.4. The predicted octanol–water partition coefficient (Wildman–Crippen LogP) is 1.75. The van der Waals surface area contributed by atoms with E-state index >= 15 is 0 Å². The van der Waals surface area contributed by atoms with Gasteiger partial charge in [0.1, 0.15) is 5.82 Å². The van der Waals surface area contributed by atoms with E-state index in [1.165, 1.54) is 25.9 Å². The van der Waals surface area contributed by atoms with Gasteiger partial charge in [0.05, 0.1) is 17.8 Å². The third-order valence-electron chi connectivity index (χ3n) is 3.15. The lowest BCUT2D eigenvalue weighted by Crippen LogP contribution is -2.31. The van der Waals surface area contributed by atoms with Crippen molar-refractivity contribution in [3.63, 3.8) is 0 Å². The Bertz CT molecular complexity index is 352. The lowest BCUT2D eigenvalue weighted by Gasteiger charge is -2.22. The molecule has 0 aromatic carbocycles. The minimum Gasteiger partial charge on any atom is -0.357 e. The van der Waals surface area contributed by atoms with Gasteiger partial charge in [0.25, 0.3) is 0 Å². The van der Waals surface area contributed by atoms with Gasteiger partial charge in [-0.1, -0.05) is 0 Å². The van der Waals surface area contributed by atoms with Crippen LogP contribution < -0.4 is 4.90 Å². The number of anilines is 1. The molecule has 1 aliphatic heterocycles. The van der Waals surface area contributed by atoms with Crippen molar-refractivity contribution in [1.82, 2.24) is 14.9 Å². The van der Waals surface area contributed by atoms with Crippen molar-refractivity contribution in [2.75, 3.05) is 38.1 Å². The maximum Gasteiger partial charge on any atom is 0.147 e. The zero-order valence-electron chi connectivity index (χ0n) is 10.3. The van der Waals surface area contributed by atoms with Crippen molar-refractivity contribution in [3.8, 4) is 0 Å². The molecular weight excluding hydrogens is 236 g/mol. The minimum absolute atomic E-state index is 0.417. The molecule has 0 saturated carbocycles. The molecule has 5 heteroatoms. The van der Waals surface area contributed by atoms with E-state index in [0.717, 1.165) is 24.6 Å². The molecule has 1 aromatic heterocycles. The first-order valence-electron chi connectivity index (χ1n) is 6.10. The largest absolute Gasteiger partial charge is 0.357 e. The summed E-state index contributed by atoms with van der Waals surface area (Å²) in [5.41, 5.74) is 0.831. The highest BCUT2D eigenvalue weighted by Crippen LogP contribution is 2.11. The maximum atomic E-state index is 5.76. The first-order valence-corrected chi connectivity index (χ1v) is 6.63. The molecule has 0 aliphatic carbocycles. The topological polar surface area (TPSA) is 32.3 Å². The molecule has 94 valence electrons. The third kappa shape index (κ3) is 3.54. The SMILES string of the molecule is CN(CCN1CCCC1)c1cncc(CCl)n1. The normalized spacial score (nSPS) is 16.4. The van der Waals surface area contributed by atoms with E-state index in [1.54, 1.807) is 12.4 Å². The van der Waals surface area contributed by atoms with Crippen LogP contribution in [0.1, 0.15) is 18.5 Å². The Morgan fingerprint density at radius 1 is 1.35 bits per heavy atom. The van der Waals surface area contributed by atoms with Gasteiger partial charge in [0, 0.05) is 26.3 Å². The van der Waals surface area contributed by atoms with E-state index < -0.39 is 0 Å². The Hall–Kier alpha value is -0.870. The first kappa shape index (κ1) is 12.6. The third-order valence-corrected chi connectivity index (χ3v) is 3.42. The van der Waals surface area contributed by atoms with Crippen molar-refractivity contribution < 1.29 is 0 Å². The Kier molecular flexibility index (Phi) is 4.57. The van der Waals surface area contributed by atoms with Crippen molar-refractivity contribution in [3.05, 3.63) is 18.1 Å². The zero-order valence-corrected chi connectivity index (χ0v) is 11.0. The van der Waals surface area contributed by atoms with E-state index in [0.29, 0.717) is 5.88 Å². The molecule has 0 bridgehead atoms. The standard InChI is InChI=1S/C12H19ClN4/c1-16(6-7-17-4-2-3-5-17)12-10-14-9-11(8-13)15-12/h9-10H,2-8H2,1H3. The minimum atomic E-state index is 0.417. The van der Waals surface area contributed by atoms with Crippen LogP contribution in [-0.2, 0) is 5.88 Å². The summed E-state index contributed by atoms with van der Waals surface area (Å²) in [5, 5.41) is 0. The van der Waals surface area contributed by atoms with Crippen LogP contribution in [-0.4, -0.2) is 48.1 Å². The molecule has 0 amide bonds. The number of halogens is 1. The molecule has 1 fully saturated rings. The molecule has 2 heterocycles. The van der Waals surface area contributed by atoms with E-state index in [9.17, 15) is 0 Å². The summed E-state index contributed by atoms with van der Waals surface area (Å²) in [6.07, 6.45) is 6.18. The van der Waals surface area contributed by atoms with Gasteiger partial charge in [-0.05, 0) is 25.9 Å². The van der Waals surface area contributed by atoms with Gasteiger partial charge in [-0.25, -0.2) is 4.98 Å². The van der Waals surface area contributed by atoms with Crippen molar-refractivity contribution in [1.29, 1.82) is 0 Å². The molecule has 1 aliphatic rings. The lowest BCUT2D eigenvalue weighted by molar-refractivity contribution is 0.346. The van der Waals surface area contributed by atoms with Crippen LogP contribution >= 0.6 is 11.6 Å². The second kappa shape index (κ2) is 6.17. The van der Waals surface area contributed by atoms with Gasteiger partial charge in [-0.2, -0.15) is 0 Å². The molecule has 2 rings (SSSR count). The highest BCUT2D eigenvalue weighted by molar-refractivity contribution is 6.16. The number of alkyl halides is 1. The van der Waals surface area contributed by atoms with Crippen molar-refractivity contribution >= 4 is 17.4 Å². The molecule has 1 aromatic rings. The average Bonchev–Trinajstić information content (AvgIpc) is 2.89. The van der Waals surface area contributed by atoms with Crippen LogP contribution in [0, 0.1) is 0 Å². The summed E-state index contributed by atoms with van der Waals surface area (Å²) in [6.45, 7) is 4.56. The smallest absolute Gasteiger partial charge is 0.147 e. The van der Waals surface area contributed by atoms with Crippen molar-refractivity contribution in [2.45, 2.75) is 18.7 Å². The second-order valence-corrected chi connectivity index (χ2v) is 4.74. The molecule has 0 N–H and O–H groups in total. The molecule has 4 nitrogen and oxygen atoms in total. The number of rotatable bonds is 5. The summed E-state index contributed by atoms with van der Waals surface area (Å²) in [7, 11) is 2.05. The summed E-state index contributed by atoms with van der Waals surface area (Å²) >= 11 is 5.76. The summed E-state index contributed by atoms with van der Waals surface area (Å²) in [5.74, 6) is 1.32. The van der Waals surface area contributed by atoms with E-state index in [4.69, 9.17) is 11.6 Å². The molecule has 0 atom stereocenters. The monoisotopic (exact) mass is 254 g/mol. The fourth-order valence-corrected chi connectivity index (χ4v) is 2.18. The Labute approximate surface area is 108 Å². The zero-order chi connectivity index (χ0) is 12.1. The summed E-state index contributed by atoms with van der Waals surface area (Å²) in [6, 6.07) is 0. The molecule has 0 spiro atoms. The van der Waals surface area contributed by atoms with Gasteiger partial charge in [-0.15, -0.1) is 11.6 Å². The second-order valence-electron chi connectivity index (χ2n) is 4.47. The van der Waals surface area contributed by atoms with Crippen LogP contribution in [0.4, 0.5) is 5.82 Å². The fourth-order valence-electron chi connectivity index (χ4n) is 2.06. The average molecular weight is 255 g/mol. The first-order chi connectivity index (χ1) is 8.29. The molecule has 0 radical (unpaired) electrons. The van der Waals surface area contributed by atoms with Gasteiger partial charge in [0.2, 0.25) is 0 Å². The van der Waals surface area contributed by atoms with Gasteiger partial charge >= 0.3 is 0 Å². The molecular formula is C12H19ClN4. The van der Waals surface area contributed by atoms with Gasteiger partial charge < -0.3 is 9.80 Å². The Morgan fingerprint density at radius 2 is 2.12 bits per heavy atom. The maximum absolute atomic E-state index is 5.76. The van der Waals surface area contributed by atoms with Crippen LogP contribution in [0.15, 0.2) is 12.4 Å². The molecule has 1 saturated heterocycles. The molecule has 17 heavy (non-hydrogen) atoms. The van der Waals surface area contributed by atoms with Crippen LogP contribution in [0.2, 0.25) is 0 Å². The van der Waals surface area contributed by atoms with Crippen molar-refractivity contribution in [2.24, 2.45) is 0 Å². The number of aromatic nitrogens is 2. The number of likely N-dealkylation sites (tertiary alicyclic amines) is 1. The van der Waals surface area contributed by atoms with E-state index in [2.05, 4.69) is 26.8 Å². The van der Waals surface area contributed by atoms with E-state index in [-0.39, 0.29) is 0 Å². The van der Waals surface area contributed by atoms with Crippen LogP contribution in [0.5, 0.6) is 0 Å². The highest BCUT2D eigenvalue weighted by atomic mass is 35.5. The van der Waals surface area contributed by atoms with Gasteiger partial charge in [0.15, 0.2) is 0 Å². The Morgan fingerprint density at radius 3 is 2.82 bits per heavy atom. The number of hydrogen-bond acceptors (Lipinski definition) is 4. The van der Waals surface area contributed by atoms with Gasteiger partial charge in [-0.3, -0.25) is 4.98 Å². The Balaban J connectivity index is 1.87. The fraction of sp³-hybridized carbons (Fsp3) is 0.667. The highest BCUT2D eigenvalue weighted by Gasteiger charge is 2.12. The number of nitrogens with zero attached hydrogens (tertiary/aromatic N) is 4. The predicted molar refractivity (Wildman–Crippen MR) is 70.5 cm³/mol. The number of hydrogen-bond donors (Lipinski definition) is 0. The molecule has 0 unspecified atom stereocenters. The van der Waals surface area contributed by atoms with E-state index in [1.807, 2.05) is 0 Å². The van der Waals surface area contributed by atoms with Crippen LogP contribution in [0.3, 0.4) is 0 Å².